The van der Waals surface area contributed by atoms with E-state index in [1.165, 1.54) is 0 Å². The SMILES string of the molecule is CC(CO)CNC(=O)C1CCCN1C(=O)C(C)(C)C. The number of aliphatic hydroxyl groups is 1. The fourth-order valence-corrected chi connectivity index (χ4v) is 2.17. The van der Waals surface area contributed by atoms with E-state index in [1.807, 2.05) is 27.7 Å². The second-order valence-electron chi connectivity index (χ2n) is 6.44. The Hall–Kier alpha value is -1.10. The lowest BCUT2D eigenvalue weighted by Gasteiger charge is -2.30. The number of carbonyl (C=O) groups excluding carboxylic acids is 2. The largest absolute Gasteiger partial charge is 0.396 e. The Morgan fingerprint density at radius 2 is 2.05 bits per heavy atom. The summed E-state index contributed by atoms with van der Waals surface area (Å²) in [5.41, 5.74) is -0.457. The molecule has 1 saturated heterocycles. The lowest BCUT2D eigenvalue weighted by molar-refractivity contribution is -0.144. The van der Waals surface area contributed by atoms with Crippen molar-refractivity contribution in [1.29, 1.82) is 0 Å². The molecule has 0 aromatic heterocycles. The molecule has 1 heterocycles. The second kappa shape index (κ2) is 6.37. The molecule has 0 aliphatic carbocycles. The van der Waals surface area contributed by atoms with E-state index in [2.05, 4.69) is 5.32 Å². The third-order valence-corrected chi connectivity index (χ3v) is 3.39. The molecule has 1 fully saturated rings. The summed E-state index contributed by atoms with van der Waals surface area (Å²) in [5, 5.41) is 11.8. The summed E-state index contributed by atoms with van der Waals surface area (Å²) in [4.78, 5) is 26.1. The number of hydrogen-bond acceptors (Lipinski definition) is 3. The van der Waals surface area contributed by atoms with Crippen LogP contribution in [0.5, 0.6) is 0 Å². The molecule has 1 aliphatic heterocycles. The van der Waals surface area contributed by atoms with Gasteiger partial charge in [-0.2, -0.15) is 0 Å². The molecule has 0 saturated carbocycles. The highest BCUT2D eigenvalue weighted by molar-refractivity contribution is 5.90. The predicted octanol–water partition coefficient (Wildman–Crippen LogP) is 0.768. The van der Waals surface area contributed by atoms with Gasteiger partial charge in [-0.05, 0) is 18.8 Å². The zero-order valence-electron chi connectivity index (χ0n) is 12.4. The van der Waals surface area contributed by atoms with E-state index < -0.39 is 5.41 Å². The average molecular weight is 270 g/mol. The Morgan fingerprint density at radius 1 is 1.42 bits per heavy atom. The van der Waals surface area contributed by atoms with Crippen molar-refractivity contribution in [3.63, 3.8) is 0 Å². The van der Waals surface area contributed by atoms with Crippen LogP contribution in [0.1, 0.15) is 40.5 Å². The maximum atomic E-state index is 12.3. The lowest BCUT2D eigenvalue weighted by Crippen LogP contribution is -2.50. The highest BCUT2D eigenvalue weighted by Gasteiger charge is 2.38. The molecule has 1 aliphatic rings. The van der Waals surface area contributed by atoms with Crippen LogP contribution in [-0.4, -0.2) is 47.6 Å². The number of carbonyl (C=O) groups is 2. The van der Waals surface area contributed by atoms with E-state index in [0.717, 1.165) is 12.8 Å². The van der Waals surface area contributed by atoms with Crippen molar-refractivity contribution in [1.82, 2.24) is 10.2 Å². The van der Waals surface area contributed by atoms with E-state index in [0.29, 0.717) is 13.1 Å². The van der Waals surface area contributed by atoms with E-state index in [1.54, 1.807) is 4.90 Å². The molecule has 1 rings (SSSR count). The van der Waals surface area contributed by atoms with Gasteiger partial charge in [-0.3, -0.25) is 9.59 Å². The number of rotatable bonds is 4. The van der Waals surface area contributed by atoms with Crippen LogP contribution >= 0.6 is 0 Å². The maximum Gasteiger partial charge on any atom is 0.242 e. The molecule has 0 aromatic carbocycles. The first-order valence-corrected chi connectivity index (χ1v) is 6.97. The summed E-state index contributed by atoms with van der Waals surface area (Å²) < 4.78 is 0. The van der Waals surface area contributed by atoms with Gasteiger partial charge in [-0.15, -0.1) is 0 Å². The Kier molecular flexibility index (Phi) is 5.35. The van der Waals surface area contributed by atoms with Gasteiger partial charge in [0, 0.05) is 25.1 Å². The van der Waals surface area contributed by atoms with Crippen LogP contribution in [-0.2, 0) is 9.59 Å². The van der Waals surface area contributed by atoms with Gasteiger partial charge in [0.25, 0.3) is 0 Å². The Balaban J connectivity index is 2.61. The van der Waals surface area contributed by atoms with Crippen LogP contribution in [0.4, 0.5) is 0 Å². The predicted molar refractivity (Wildman–Crippen MR) is 73.4 cm³/mol. The molecular weight excluding hydrogens is 244 g/mol. The molecule has 5 nitrogen and oxygen atoms in total. The Labute approximate surface area is 115 Å². The van der Waals surface area contributed by atoms with Crippen LogP contribution < -0.4 is 5.32 Å². The Bertz CT molecular complexity index is 336. The van der Waals surface area contributed by atoms with E-state index in [4.69, 9.17) is 5.11 Å². The molecule has 0 spiro atoms. The maximum absolute atomic E-state index is 12.3. The third-order valence-electron chi connectivity index (χ3n) is 3.39. The van der Waals surface area contributed by atoms with Crippen LogP contribution in [0.25, 0.3) is 0 Å². The van der Waals surface area contributed by atoms with Gasteiger partial charge < -0.3 is 15.3 Å². The zero-order chi connectivity index (χ0) is 14.6. The highest BCUT2D eigenvalue weighted by Crippen LogP contribution is 2.25. The van der Waals surface area contributed by atoms with Crippen molar-refractivity contribution in [2.75, 3.05) is 19.7 Å². The van der Waals surface area contributed by atoms with Gasteiger partial charge in [-0.1, -0.05) is 27.7 Å². The fraction of sp³-hybridized carbons (Fsp3) is 0.857. The van der Waals surface area contributed by atoms with E-state index in [9.17, 15) is 9.59 Å². The summed E-state index contributed by atoms with van der Waals surface area (Å²) in [5.74, 6) is -0.0344. The van der Waals surface area contributed by atoms with Crippen molar-refractivity contribution >= 4 is 11.8 Å². The first-order valence-electron chi connectivity index (χ1n) is 6.97. The summed E-state index contributed by atoms with van der Waals surface area (Å²) in [7, 11) is 0. The van der Waals surface area contributed by atoms with Gasteiger partial charge in [-0.25, -0.2) is 0 Å². The van der Waals surface area contributed by atoms with Gasteiger partial charge in [0.15, 0.2) is 0 Å². The zero-order valence-corrected chi connectivity index (χ0v) is 12.4. The van der Waals surface area contributed by atoms with E-state index >= 15 is 0 Å². The summed E-state index contributed by atoms with van der Waals surface area (Å²) in [6.45, 7) is 8.64. The van der Waals surface area contributed by atoms with E-state index in [-0.39, 0.29) is 30.4 Å². The number of hydrogen-bond donors (Lipinski definition) is 2. The third kappa shape index (κ3) is 4.20. The molecule has 2 amide bonds. The number of nitrogens with zero attached hydrogens (tertiary/aromatic N) is 1. The van der Waals surface area contributed by atoms with Crippen LogP contribution in [0, 0.1) is 11.3 Å². The fourth-order valence-electron chi connectivity index (χ4n) is 2.17. The van der Waals surface area contributed by atoms with Gasteiger partial charge in [0.1, 0.15) is 6.04 Å². The van der Waals surface area contributed by atoms with Crippen LogP contribution in [0.15, 0.2) is 0 Å². The summed E-state index contributed by atoms with van der Waals surface area (Å²) in [6.07, 6.45) is 1.59. The molecule has 0 radical (unpaired) electrons. The molecule has 2 N–H and O–H groups in total. The van der Waals surface area contributed by atoms with Crippen LogP contribution in [0.2, 0.25) is 0 Å². The summed E-state index contributed by atoms with van der Waals surface area (Å²) >= 11 is 0. The second-order valence-corrected chi connectivity index (χ2v) is 6.44. The minimum Gasteiger partial charge on any atom is -0.396 e. The Morgan fingerprint density at radius 3 is 2.58 bits per heavy atom. The van der Waals surface area contributed by atoms with Crippen LogP contribution in [0.3, 0.4) is 0 Å². The molecule has 19 heavy (non-hydrogen) atoms. The average Bonchev–Trinajstić information content (AvgIpc) is 2.82. The number of amides is 2. The quantitative estimate of drug-likeness (QED) is 0.792. The van der Waals surface area contributed by atoms with Crippen molar-refractivity contribution in [2.24, 2.45) is 11.3 Å². The summed E-state index contributed by atoms with van der Waals surface area (Å²) in [6, 6.07) is -0.349. The smallest absolute Gasteiger partial charge is 0.242 e. The molecule has 5 heteroatoms. The van der Waals surface area contributed by atoms with Crippen molar-refractivity contribution in [3.05, 3.63) is 0 Å². The van der Waals surface area contributed by atoms with Gasteiger partial charge >= 0.3 is 0 Å². The lowest BCUT2D eigenvalue weighted by atomic mass is 9.94. The molecular formula is C14H26N2O3. The minimum atomic E-state index is -0.457. The number of aliphatic hydroxyl groups excluding tert-OH is 1. The molecule has 0 aromatic rings. The first kappa shape index (κ1) is 16.0. The van der Waals surface area contributed by atoms with Crippen molar-refractivity contribution in [2.45, 2.75) is 46.6 Å². The number of nitrogens with one attached hydrogen (secondary N) is 1. The molecule has 110 valence electrons. The first-order chi connectivity index (χ1) is 8.77. The van der Waals surface area contributed by atoms with Crippen molar-refractivity contribution < 1.29 is 14.7 Å². The molecule has 0 bridgehead atoms. The normalized spacial score (nSPS) is 21.3. The standard InChI is InChI=1S/C14H26N2O3/c1-10(9-17)8-15-12(18)11-6-5-7-16(11)13(19)14(2,3)4/h10-11,17H,5-9H2,1-4H3,(H,15,18). The van der Waals surface area contributed by atoms with Crippen molar-refractivity contribution in [3.8, 4) is 0 Å². The minimum absolute atomic E-state index is 0.0281. The topological polar surface area (TPSA) is 69.6 Å². The molecule has 2 unspecified atom stereocenters. The van der Waals surface area contributed by atoms with Gasteiger partial charge in [0.05, 0.1) is 0 Å². The molecule has 2 atom stereocenters. The number of likely N-dealkylation sites (tertiary alicyclic amines) is 1. The monoisotopic (exact) mass is 270 g/mol. The van der Waals surface area contributed by atoms with Gasteiger partial charge in [0.2, 0.25) is 11.8 Å². The highest BCUT2D eigenvalue weighted by atomic mass is 16.3.